The Kier molecular flexibility index (Phi) is 6.62. The molecule has 0 aliphatic rings. The van der Waals surface area contributed by atoms with Crippen molar-refractivity contribution < 1.29 is 8.42 Å². The number of unbranched alkanes of at least 4 members (excludes halogenated alkanes) is 1. The highest BCUT2D eigenvalue weighted by Crippen LogP contribution is 2.09. The Morgan fingerprint density at radius 3 is 2.09 bits per heavy atom. The SMILES string of the molecule is CCCCC(CCC)[SH](=O)=O. The van der Waals surface area contributed by atoms with Crippen LogP contribution in [-0.4, -0.2) is 13.7 Å². The molecule has 11 heavy (non-hydrogen) atoms. The van der Waals surface area contributed by atoms with Crippen LogP contribution in [0.25, 0.3) is 0 Å². The molecule has 68 valence electrons. The minimum Gasteiger partial charge on any atom is -0.232 e. The number of hydrogen-bond donors (Lipinski definition) is 1. The third kappa shape index (κ3) is 5.24. The van der Waals surface area contributed by atoms with E-state index in [4.69, 9.17) is 0 Å². The first kappa shape index (κ1) is 11.0. The van der Waals surface area contributed by atoms with Gasteiger partial charge in [0.2, 0.25) is 0 Å². The van der Waals surface area contributed by atoms with Crippen LogP contribution in [0.5, 0.6) is 0 Å². The Morgan fingerprint density at radius 2 is 1.73 bits per heavy atom. The first-order valence-corrected chi connectivity index (χ1v) is 5.60. The fourth-order valence-corrected chi connectivity index (χ4v) is 1.99. The van der Waals surface area contributed by atoms with Crippen molar-refractivity contribution >= 4 is 10.7 Å². The van der Waals surface area contributed by atoms with Crippen LogP contribution in [0.3, 0.4) is 0 Å². The van der Waals surface area contributed by atoms with Crippen LogP contribution in [0.1, 0.15) is 46.0 Å². The molecular weight excluding hydrogens is 160 g/mol. The van der Waals surface area contributed by atoms with E-state index in [1.54, 1.807) is 0 Å². The maximum absolute atomic E-state index is 10.6. The molecule has 0 saturated carbocycles. The minimum atomic E-state index is -2.18. The van der Waals surface area contributed by atoms with Crippen molar-refractivity contribution in [1.82, 2.24) is 0 Å². The van der Waals surface area contributed by atoms with Crippen molar-refractivity contribution in [2.45, 2.75) is 51.2 Å². The van der Waals surface area contributed by atoms with Gasteiger partial charge in [-0.3, -0.25) is 0 Å². The second-order valence-electron chi connectivity index (χ2n) is 2.87. The number of rotatable bonds is 6. The fraction of sp³-hybridized carbons (Fsp3) is 1.00. The molecule has 0 radical (unpaired) electrons. The van der Waals surface area contributed by atoms with Gasteiger partial charge in [-0.05, 0) is 12.8 Å². The average molecular weight is 178 g/mol. The van der Waals surface area contributed by atoms with Crippen LogP contribution >= 0.6 is 0 Å². The van der Waals surface area contributed by atoms with Gasteiger partial charge in [0, 0.05) is 0 Å². The summed E-state index contributed by atoms with van der Waals surface area (Å²) in [5.74, 6) is 0. The molecular formula is C8H18O2S. The summed E-state index contributed by atoms with van der Waals surface area (Å²) in [5.41, 5.74) is 0. The molecule has 3 heteroatoms. The Morgan fingerprint density at radius 1 is 1.09 bits per heavy atom. The van der Waals surface area contributed by atoms with Crippen molar-refractivity contribution in [2.75, 3.05) is 0 Å². The highest BCUT2D eigenvalue weighted by Gasteiger charge is 2.08. The van der Waals surface area contributed by atoms with Crippen LogP contribution in [0.4, 0.5) is 0 Å². The lowest BCUT2D eigenvalue weighted by atomic mass is 10.1. The molecule has 0 heterocycles. The van der Waals surface area contributed by atoms with Gasteiger partial charge in [-0.1, -0.05) is 33.1 Å². The summed E-state index contributed by atoms with van der Waals surface area (Å²) in [6.07, 6.45) is 4.77. The zero-order valence-electron chi connectivity index (χ0n) is 7.38. The molecule has 0 fully saturated rings. The summed E-state index contributed by atoms with van der Waals surface area (Å²) in [6, 6.07) is 0. The van der Waals surface area contributed by atoms with Gasteiger partial charge in [0.1, 0.15) is 10.7 Å². The quantitative estimate of drug-likeness (QED) is 0.631. The summed E-state index contributed by atoms with van der Waals surface area (Å²) < 4.78 is 21.3. The van der Waals surface area contributed by atoms with E-state index in [0.29, 0.717) is 0 Å². The predicted octanol–water partition coefficient (Wildman–Crippen LogP) is 1.96. The first-order valence-electron chi connectivity index (χ1n) is 4.35. The maximum atomic E-state index is 10.6. The lowest BCUT2D eigenvalue weighted by molar-refractivity contribution is 0.565. The normalized spacial score (nSPS) is 13.7. The molecule has 0 bridgehead atoms. The highest BCUT2D eigenvalue weighted by atomic mass is 32.2. The van der Waals surface area contributed by atoms with Gasteiger partial charge >= 0.3 is 0 Å². The molecule has 0 saturated heterocycles. The van der Waals surface area contributed by atoms with Gasteiger partial charge in [-0.25, -0.2) is 8.42 Å². The van der Waals surface area contributed by atoms with Gasteiger partial charge in [0.25, 0.3) is 0 Å². The average Bonchev–Trinajstić information content (AvgIpc) is 1.97. The summed E-state index contributed by atoms with van der Waals surface area (Å²) in [6.45, 7) is 4.11. The Bertz CT molecular complexity index is 144. The topological polar surface area (TPSA) is 34.1 Å². The number of hydrogen-bond acceptors (Lipinski definition) is 2. The lowest BCUT2D eigenvalue weighted by Gasteiger charge is -2.06. The first-order chi connectivity index (χ1) is 5.22. The van der Waals surface area contributed by atoms with E-state index in [2.05, 4.69) is 6.92 Å². The summed E-state index contributed by atoms with van der Waals surface area (Å²) in [7, 11) is -2.18. The monoisotopic (exact) mass is 178 g/mol. The van der Waals surface area contributed by atoms with Crippen molar-refractivity contribution in [3.8, 4) is 0 Å². The van der Waals surface area contributed by atoms with Gasteiger partial charge in [-0.2, -0.15) is 0 Å². The van der Waals surface area contributed by atoms with E-state index in [1.807, 2.05) is 6.92 Å². The molecule has 0 aliphatic carbocycles. The van der Waals surface area contributed by atoms with E-state index >= 15 is 0 Å². The van der Waals surface area contributed by atoms with Crippen molar-refractivity contribution in [1.29, 1.82) is 0 Å². The van der Waals surface area contributed by atoms with Gasteiger partial charge in [-0.15, -0.1) is 0 Å². The van der Waals surface area contributed by atoms with E-state index in [9.17, 15) is 8.42 Å². The maximum Gasteiger partial charge on any atom is 0.143 e. The zero-order valence-corrected chi connectivity index (χ0v) is 8.27. The number of thiol groups is 1. The van der Waals surface area contributed by atoms with Crippen LogP contribution in [0, 0.1) is 0 Å². The van der Waals surface area contributed by atoms with E-state index in [1.165, 1.54) is 0 Å². The molecule has 0 aromatic rings. The predicted molar refractivity (Wildman–Crippen MR) is 48.5 cm³/mol. The largest absolute Gasteiger partial charge is 0.232 e. The Labute approximate surface area is 71.0 Å². The van der Waals surface area contributed by atoms with Crippen LogP contribution in [-0.2, 0) is 10.7 Å². The van der Waals surface area contributed by atoms with Crippen LogP contribution in [0.15, 0.2) is 0 Å². The van der Waals surface area contributed by atoms with E-state index in [-0.39, 0.29) is 5.25 Å². The van der Waals surface area contributed by atoms with Crippen molar-refractivity contribution in [3.05, 3.63) is 0 Å². The summed E-state index contributed by atoms with van der Waals surface area (Å²) in [4.78, 5) is 0. The summed E-state index contributed by atoms with van der Waals surface area (Å²) >= 11 is 0. The highest BCUT2D eigenvalue weighted by molar-refractivity contribution is 7.73. The smallest absolute Gasteiger partial charge is 0.143 e. The Balaban J connectivity index is 3.70. The van der Waals surface area contributed by atoms with Crippen molar-refractivity contribution in [3.63, 3.8) is 0 Å². The molecule has 0 spiro atoms. The van der Waals surface area contributed by atoms with Crippen LogP contribution < -0.4 is 0 Å². The Hall–Kier alpha value is -0.0500. The van der Waals surface area contributed by atoms with E-state index in [0.717, 1.165) is 32.1 Å². The standard InChI is InChI=1S/C8H18O2S/c1-3-5-7-8(6-4-2)11(9)10/h8,11H,3-7H2,1-2H3. The fourth-order valence-electron chi connectivity index (χ4n) is 1.13. The molecule has 1 atom stereocenters. The molecule has 0 aliphatic heterocycles. The lowest BCUT2D eigenvalue weighted by Crippen LogP contribution is -2.08. The van der Waals surface area contributed by atoms with Gasteiger partial charge in [0.05, 0.1) is 5.25 Å². The van der Waals surface area contributed by atoms with E-state index < -0.39 is 10.7 Å². The van der Waals surface area contributed by atoms with Gasteiger partial charge < -0.3 is 0 Å². The molecule has 0 rings (SSSR count). The molecule has 0 aromatic carbocycles. The van der Waals surface area contributed by atoms with Crippen molar-refractivity contribution in [2.24, 2.45) is 0 Å². The van der Waals surface area contributed by atoms with Gasteiger partial charge in [0.15, 0.2) is 0 Å². The zero-order chi connectivity index (χ0) is 8.69. The molecule has 0 N–H and O–H groups in total. The molecule has 0 aromatic heterocycles. The second kappa shape index (κ2) is 6.65. The summed E-state index contributed by atoms with van der Waals surface area (Å²) in [5, 5.41) is -0.0602. The molecule has 0 amide bonds. The molecule has 2 nitrogen and oxygen atoms in total. The third-order valence-corrected chi connectivity index (χ3v) is 2.92. The third-order valence-electron chi connectivity index (χ3n) is 1.81. The molecule has 1 unspecified atom stereocenters. The second-order valence-corrected chi connectivity index (χ2v) is 4.17. The minimum absolute atomic E-state index is 0.0602. The van der Waals surface area contributed by atoms with Crippen LogP contribution in [0.2, 0.25) is 0 Å².